The van der Waals surface area contributed by atoms with Crippen LogP contribution in [0.1, 0.15) is 43.1 Å². The van der Waals surface area contributed by atoms with E-state index in [4.69, 9.17) is 5.11 Å². The molecule has 0 radical (unpaired) electrons. The fourth-order valence-corrected chi connectivity index (χ4v) is 2.41. The van der Waals surface area contributed by atoms with Gasteiger partial charge in [0, 0.05) is 11.7 Å². The van der Waals surface area contributed by atoms with Crippen molar-refractivity contribution >= 4 is 11.9 Å². The van der Waals surface area contributed by atoms with Gasteiger partial charge in [-0.25, -0.2) is 4.79 Å². The Hall–Kier alpha value is -1.78. The molecule has 1 fully saturated rings. The van der Waals surface area contributed by atoms with E-state index < -0.39 is 5.97 Å². The number of amides is 1. The molecule has 1 saturated carbocycles. The Kier molecular flexibility index (Phi) is 3.41. The van der Waals surface area contributed by atoms with E-state index in [1.165, 1.54) is 10.6 Å². The molecule has 0 unspecified atom stereocenters. The van der Waals surface area contributed by atoms with E-state index in [9.17, 15) is 9.59 Å². The van der Waals surface area contributed by atoms with Crippen LogP contribution >= 0.6 is 0 Å². The molecule has 98 valence electrons. The van der Waals surface area contributed by atoms with Crippen LogP contribution in [0.3, 0.4) is 0 Å². The van der Waals surface area contributed by atoms with Gasteiger partial charge in [0.1, 0.15) is 12.2 Å². The standard InChI is InChI=1S/C13H18N2O3/c1-2-13(6-4-7-13)14-11(16)9-15-8-3-5-10(15)12(17)18/h3,5,8H,2,4,6-7,9H2,1H3,(H,14,16)(H,17,18). The molecule has 1 aliphatic carbocycles. The van der Waals surface area contributed by atoms with E-state index in [0.717, 1.165) is 25.7 Å². The summed E-state index contributed by atoms with van der Waals surface area (Å²) in [5.74, 6) is -1.13. The molecule has 0 aliphatic heterocycles. The largest absolute Gasteiger partial charge is 0.477 e. The van der Waals surface area contributed by atoms with Gasteiger partial charge < -0.3 is 15.0 Å². The Balaban J connectivity index is 1.99. The van der Waals surface area contributed by atoms with Crippen molar-refractivity contribution in [1.82, 2.24) is 9.88 Å². The summed E-state index contributed by atoms with van der Waals surface area (Å²) >= 11 is 0. The van der Waals surface area contributed by atoms with Crippen LogP contribution in [0.2, 0.25) is 0 Å². The zero-order chi connectivity index (χ0) is 13.2. The summed E-state index contributed by atoms with van der Waals surface area (Å²) < 4.78 is 1.46. The number of carbonyl (C=O) groups excluding carboxylic acids is 1. The Labute approximate surface area is 106 Å². The maximum Gasteiger partial charge on any atom is 0.352 e. The molecule has 0 aromatic carbocycles. The molecule has 1 aromatic rings. The fourth-order valence-electron chi connectivity index (χ4n) is 2.41. The summed E-state index contributed by atoms with van der Waals surface area (Å²) in [5, 5.41) is 12.0. The number of aromatic carboxylic acids is 1. The van der Waals surface area contributed by atoms with Crippen molar-refractivity contribution < 1.29 is 14.7 Å². The van der Waals surface area contributed by atoms with Crippen LogP contribution in [-0.2, 0) is 11.3 Å². The molecule has 0 bridgehead atoms. The lowest BCUT2D eigenvalue weighted by atomic mass is 9.75. The molecule has 0 atom stereocenters. The van der Waals surface area contributed by atoms with Gasteiger partial charge in [0.25, 0.3) is 0 Å². The topological polar surface area (TPSA) is 71.3 Å². The van der Waals surface area contributed by atoms with Crippen LogP contribution in [0.25, 0.3) is 0 Å². The summed E-state index contributed by atoms with van der Waals surface area (Å²) in [6.07, 6.45) is 5.73. The lowest BCUT2D eigenvalue weighted by molar-refractivity contribution is -0.124. The number of aromatic nitrogens is 1. The Bertz CT molecular complexity index is 455. The highest BCUT2D eigenvalue weighted by Crippen LogP contribution is 2.34. The summed E-state index contributed by atoms with van der Waals surface area (Å²) in [7, 11) is 0. The van der Waals surface area contributed by atoms with Crippen molar-refractivity contribution in [3.63, 3.8) is 0 Å². The fraction of sp³-hybridized carbons (Fsp3) is 0.538. The van der Waals surface area contributed by atoms with E-state index in [2.05, 4.69) is 12.2 Å². The Morgan fingerprint density at radius 3 is 2.72 bits per heavy atom. The highest BCUT2D eigenvalue weighted by atomic mass is 16.4. The number of hydrogen-bond acceptors (Lipinski definition) is 2. The molecule has 1 aromatic heterocycles. The minimum absolute atomic E-state index is 0.0480. The molecular formula is C13H18N2O3. The van der Waals surface area contributed by atoms with Crippen LogP contribution in [0.15, 0.2) is 18.3 Å². The van der Waals surface area contributed by atoms with E-state index in [1.807, 2.05) is 0 Å². The first-order valence-electron chi connectivity index (χ1n) is 6.26. The van der Waals surface area contributed by atoms with Gasteiger partial charge in [0.2, 0.25) is 5.91 Å². The summed E-state index contributed by atoms with van der Waals surface area (Å²) in [4.78, 5) is 22.8. The Morgan fingerprint density at radius 2 is 2.22 bits per heavy atom. The number of carboxylic acids is 1. The smallest absolute Gasteiger partial charge is 0.352 e. The van der Waals surface area contributed by atoms with Gasteiger partial charge in [-0.2, -0.15) is 0 Å². The third-order valence-corrected chi connectivity index (χ3v) is 3.75. The van der Waals surface area contributed by atoms with Crippen LogP contribution in [0.4, 0.5) is 0 Å². The van der Waals surface area contributed by atoms with Crippen LogP contribution in [-0.4, -0.2) is 27.1 Å². The van der Waals surface area contributed by atoms with Gasteiger partial charge in [0.05, 0.1) is 0 Å². The van der Waals surface area contributed by atoms with Crippen molar-refractivity contribution in [2.75, 3.05) is 0 Å². The molecular weight excluding hydrogens is 232 g/mol. The number of carbonyl (C=O) groups is 2. The minimum Gasteiger partial charge on any atom is -0.477 e. The van der Waals surface area contributed by atoms with Crippen molar-refractivity contribution in [2.24, 2.45) is 0 Å². The van der Waals surface area contributed by atoms with Crippen LogP contribution in [0.5, 0.6) is 0 Å². The number of nitrogens with one attached hydrogen (secondary N) is 1. The third-order valence-electron chi connectivity index (χ3n) is 3.75. The molecule has 0 saturated heterocycles. The van der Waals surface area contributed by atoms with E-state index in [1.54, 1.807) is 12.3 Å². The van der Waals surface area contributed by atoms with Gasteiger partial charge in [-0.1, -0.05) is 6.92 Å². The van der Waals surface area contributed by atoms with Crippen molar-refractivity contribution in [3.05, 3.63) is 24.0 Å². The first-order chi connectivity index (χ1) is 8.56. The average Bonchev–Trinajstić information content (AvgIpc) is 2.71. The maximum absolute atomic E-state index is 11.9. The predicted octanol–water partition coefficient (Wildman–Crippen LogP) is 1.64. The van der Waals surface area contributed by atoms with Gasteiger partial charge >= 0.3 is 5.97 Å². The Morgan fingerprint density at radius 1 is 1.50 bits per heavy atom. The highest BCUT2D eigenvalue weighted by Gasteiger charge is 2.36. The van der Waals surface area contributed by atoms with Crippen molar-refractivity contribution in [3.8, 4) is 0 Å². The predicted molar refractivity (Wildman–Crippen MR) is 66.4 cm³/mol. The van der Waals surface area contributed by atoms with Gasteiger partial charge in [-0.05, 0) is 37.8 Å². The molecule has 2 rings (SSSR count). The van der Waals surface area contributed by atoms with E-state index >= 15 is 0 Å². The molecule has 5 nitrogen and oxygen atoms in total. The number of carboxylic acid groups (broad SMARTS) is 1. The monoisotopic (exact) mass is 250 g/mol. The highest BCUT2D eigenvalue weighted by molar-refractivity contribution is 5.87. The zero-order valence-corrected chi connectivity index (χ0v) is 10.5. The SMILES string of the molecule is CCC1(NC(=O)Cn2cccc2C(=O)O)CCC1. The summed E-state index contributed by atoms with van der Waals surface area (Å²) in [6, 6.07) is 3.13. The number of hydrogen-bond donors (Lipinski definition) is 2. The zero-order valence-electron chi connectivity index (χ0n) is 10.5. The molecule has 0 spiro atoms. The molecule has 1 heterocycles. The van der Waals surface area contributed by atoms with Gasteiger partial charge in [-0.15, -0.1) is 0 Å². The van der Waals surface area contributed by atoms with Gasteiger partial charge in [0.15, 0.2) is 0 Å². The van der Waals surface area contributed by atoms with E-state index in [-0.39, 0.29) is 23.7 Å². The number of rotatable bonds is 5. The molecule has 2 N–H and O–H groups in total. The molecule has 1 amide bonds. The molecule has 5 heteroatoms. The van der Waals surface area contributed by atoms with E-state index in [0.29, 0.717) is 0 Å². The normalized spacial score (nSPS) is 16.9. The van der Waals surface area contributed by atoms with Crippen molar-refractivity contribution in [2.45, 2.75) is 44.7 Å². The van der Waals surface area contributed by atoms with Crippen molar-refractivity contribution in [1.29, 1.82) is 0 Å². The quantitative estimate of drug-likeness (QED) is 0.834. The summed E-state index contributed by atoms with van der Waals surface area (Å²) in [6.45, 7) is 2.13. The maximum atomic E-state index is 11.9. The minimum atomic E-state index is -1.01. The second kappa shape index (κ2) is 4.84. The average molecular weight is 250 g/mol. The lowest BCUT2D eigenvalue weighted by Gasteiger charge is -2.42. The van der Waals surface area contributed by atoms with Crippen LogP contribution in [0, 0.1) is 0 Å². The lowest BCUT2D eigenvalue weighted by Crippen LogP contribution is -2.53. The van der Waals surface area contributed by atoms with Gasteiger partial charge in [-0.3, -0.25) is 4.79 Å². The summed E-state index contributed by atoms with van der Waals surface area (Å²) in [5.41, 5.74) is 0.0949. The molecule has 1 aliphatic rings. The first kappa shape index (κ1) is 12.7. The number of nitrogens with zero attached hydrogens (tertiary/aromatic N) is 1. The van der Waals surface area contributed by atoms with Crippen LogP contribution < -0.4 is 5.32 Å². The second-order valence-corrected chi connectivity index (χ2v) is 4.86. The molecule has 18 heavy (non-hydrogen) atoms. The second-order valence-electron chi connectivity index (χ2n) is 4.86. The third kappa shape index (κ3) is 2.39. The first-order valence-corrected chi connectivity index (χ1v) is 6.26.